The Kier molecular flexibility index (Phi) is 9.04. The molecular formula is C25H17ClFNaO3S2. The van der Waals surface area contributed by atoms with E-state index in [-0.39, 0.29) is 41.7 Å². The summed E-state index contributed by atoms with van der Waals surface area (Å²) < 4.78 is 19.5. The summed E-state index contributed by atoms with van der Waals surface area (Å²) in [4.78, 5) is 13.2. The Morgan fingerprint density at radius 2 is 1.82 bits per heavy atom. The minimum absolute atomic E-state index is 0. The van der Waals surface area contributed by atoms with Crippen molar-refractivity contribution in [2.75, 3.05) is 6.26 Å². The van der Waals surface area contributed by atoms with Crippen LogP contribution in [-0.4, -0.2) is 12.2 Å². The second-order valence-corrected chi connectivity index (χ2v) is 9.12. The van der Waals surface area contributed by atoms with Gasteiger partial charge in [-0.25, -0.2) is 4.39 Å². The molecule has 0 spiro atoms. The molecular weight excluding hydrogens is 490 g/mol. The molecule has 0 atom stereocenters. The third-order valence-corrected chi connectivity index (χ3v) is 6.96. The van der Waals surface area contributed by atoms with Crippen LogP contribution in [0.5, 0.6) is 5.75 Å². The second kappa shape index (κ2) is 11.6. The van der Waals surface area contributed by atoms with Crippen LogP contribution in [0.3, 0.4) is 0 Å². The maximum absolute atomic E-state index is 13.4. The zero-order chi connectivity index (χ0) is 22.7. The summed E-state index contributed by atoms with van der Waals surface area (Å²) in [6.07, 6.45) is 2.01. The first-order chi connectivity index (χ1) is 15.5. The minimum Gasteiger partial charge on any atom is -0.545 e. The average Bonchev–Trinajstić information content (AvgIpc) is 3.28. The van der Waals surface area contributed by atoms with E-state index in [0.717, 1.165) is 26.5 Å². The number of hydrogen-bond acceptors (Lipinski definition) is 5. The molecule has 1 heterocycles. The van der Waals surface area contributed by atoms with Gasteiger partial charge < -0.3 is 14.6 Å². The molecule has 0 unspecified atom stereocenters. The number of benzene rings is 3. The summed E-state index contributed by atoms with van der Waals surface area (Å²) in [5, 5.41) is 13.4. The Balaban J connectivity index is 0.00000306. The van der Waals surface area contributed by atoms with Gasteiger partial charge in [-0.05, 0) is 59.2 Å². The first-order valence-electron chi connectivity index (χ1n) is 9.60. The van der Waals surface area contributed by atoms with Crippen molar-refractivity contribution in [3.05, 3.63) is 94.1 Å². The monoisotopic (exact) mass is 506 g/mol. The summed E-state index contributed by atoms with van der Waals surface area (Å²) in [6, 6.07) is 18.9. The molecule has 8 heteroatoms. The third kappa shape index (κ3) is 6.01. The summed E-state index contributed by atoms with van der Waals surface area (Å²) >= 11 is 9.35. The van der Waals surface area contributed by atoms with Crippen molar-refractivity contribution < 1.29 is 48.6 Å². The largest absolute Gasteiger partial charge is 1.00 e. The normalized spacial score (nSPS) is 10.5. The van der Waals surface area contributed by atoms with Gasteiger partial charge >= 0.3 is 29.6 Å². The van der Waals surface area contributed by atoms with E-state index in [1.54, 1.807) is 53.4 Å². The van der Waals surface area contributed by atoms with Gasteiger partial charge in [-0.1, -0.05) is 41.9 Å². The minimum atomic E-state index is -1.20. The zero-order valence-electron chi connectivity index (χ0n) is 17.9. The van der Waals surface area contributed by atoms with Gasteiger partial charge in [0.05, 0.1) is 11.0 Å². The predicted molar refractivity (Wildman–Crippen MR) is 127 cm³/mol. The standard InChI is InChI=1S/C25H18ClFO3S2.Na/c1-31-19-8-9-23(30-14-17-6-7-18(27)12-22(17)26)21(13-19)20-10-11-32-24(20)15-2-4-16(5-3-15)25(28)29;/h2-13H,14H2,1H3,(H,28,29);/q;+1/p-1. The van der Waals surface area contributed by atoms with Crippen molar-refractivity contribution in [2.45, 2.75) is 11.5 Å². The molecule has 4 rings (SSSR count). The molecule has 0 aliphatic carbocycles. The van der Waals surface area contributed by atoms with Crippen LogP contribution in [0, 0.1) is 5.82 Å². The van der Waals surface area contributed by atoms with Gasteiger partial charge in [0.25, 0.3) is 0 Å². The van der Waals surface area contributed by atoms with Crippen molar-refractivity contribution >= 4 is 40.7 Å². The zero-order valence-corrected chi connectivity index (χ0v) is 22.3. The molecule has 0 amide bonds. The fraction of sp³-hybridized carbons (Fsp3) is 0.0800. The van der Waals surface area contributed by atoms with Gasteiger partial charge in [-0.15, -0.1) is 23.1 Å². The first kappa shape index (κ1) is 25.8. The molecule has 0 saturated heterocycles. The molecule has 162 valence electrons. The van der Waals surface area contributed by atoms with E-state index in [0.29, 0.717) is 16.3 Å². The molecule has 0 radical (unpaired) electrons. The quantitative estimate of drug-likeness (QED) is 0.284. The fourth-order valence-corrected chi connectivity index (χ4v) is 4.85. The fourth-order valence-electron chi connectivity index (χ4n) is 3.27. The molecule has 0 bridgehead atoms. The summed E-state index contributed by atoms with van der Waals surface area (Å²) in [6.45, 7) is 0.199. The van der Waals surface area contributed by atoms with Gasteiger partial charge in [-0.3, -0.25) is 0 Å². The molecule has 0 saturated carbocycles. The third-order valence-electron chi connectivity index (χ3n) is 4.92. The van der Waals surface area contributed by atoms with Crippen LogP contribution in [0.2, 0.25) is 5.02 Å². The van der Waals surface area contributed by atoms with Gasteiger partial charge in [0.1, 0.15) is 18.2 Å². The number of halogens is 2. The number of carbonyl (C=O) groups excluding carboxylic acids is 1. The summed E-state index contributed by atoms with van der Waals surface area (Å²) in [5.74, 6) is -0.920. The topological polar surface area (TPSA) is 49.4 Å². The van der Waals surface area contributed by atoms with Crippen molar-refractivity contribution in [1.82, 2.24) is 0 Å². The number of hydrogen-bond donors (Lipinski definition) is 0. The van der Waals surface area contributed by atoms with Crippen molar-refractivity contribution in [1.29, 1.82) is 0 Å². The number of carboxylic acid groups (broad SMARTS) is 1. The van der Waals surface area contributed by atoms with Crippen LogP contribution in [0.1, 0.15) is 15.9 Å². The van der Waals surface area contributed by atoms with E-state index in [1.165, 1.54) is 12.1 Å². The van der Waals surface area contributed by atoms with E-state index >= 15 is 0 Å². The predicted octanol–water partition coefficient (Wildman–Crippen LogP) is 3.54. The van der Waals surface area contributed by atoms with Crippen LogP contribution < -0.4 is 39.4 Å². The number of thiophene rings is 1. The number of rotatable bonds is 7. The van der Waals surface area contributed by atoms with Crippen LogP contribution in [0.25, 0.3) is 21.6 Å². The van der Waals surface area contributed by atoms with E-state index < -0.39 is 11.8 Å². The Labute approximate surface area is 226 Å². The Bertz CT molecular complexity index is 1280. The Hall–Kier alpha value is -1.80. The number of carboxylic acids is 1. The SMILES string of the molecule is CSc1ccc(OCc2ccc(F)cc2Cl)c(-c2ccsc2-c2ccc(C(=O)[O-])cc2)c1.[Na+]. The van der Waals surface area contributed by atoms with Crippen LogP contribution in [0.15, 0.2) is 77.0 Å². The molecule has 1 aromatic heterocycles. The van der Waals surface area contributed by atoms with Crippen LogP contribution >= 0.6 is 34.7 Å². The van der Waals surface area contributed by atoms with Gasteiger partial charge in [-0.2, -0.15) is 0 Å². The summed E-state index contributed by atoms with van der Waals surface area (Å²) in [7, 11) is 0. The molecule has 0 aliphatic heterocycles. The molecule has 4 aromatic rings. The van der Waals surface area contributed by atoms with E-state index in [4.69, 9.17) is 16.3 Å². The molecule has 3 aromatic carbocycles. The van der Waals surface area contributed by atoms with Crippen LogP contribution in [-0.2, 0) is 6.61 Å². The summed E-state index contributed by atoms with van der Waals surface area (Å²) in [5.41, 5.74) is 3.62. The van der Waals surface area contributed by atoms with Crippen molar-refractivity contribution in [2.24, 2.45) is 0 Å². The first-order valence-corrected chi connectivity index (χ1v) is 12.1. The maximum atomic E-state index is 13.4. The van der Waals surface area contributed by atoms with Crippen molar-refractivity contribution in [3.8, 4) is 27.3 Å². The van der Waals surface area contributed by atoms with Crippen LogP contribution in [0.4, 0.5) is 4.39 Å². The molecule has 0 aliphatic rings. The van der Waals surface area contributed by atoms with Gasteiger partial charge in [0.2, 0.25) is 0 Å². The second-order valence-electron chi connectivity index (χ2n) is 6.91. The molecule has 0 fully saturated rings. The number of ether oxygens (including phenoxy) is 1. The average molecular weight is 507 g/mol. The van der Waals surface area contributed by atoms with E-state index in [1.807, 2.05) is 29.8 Å². The smallest absolute Gasteiger partial charge is 0.545 e. The molecule has 3 nitrogen and oxygen atoms in total. The Morgan fingerprint density at radius 1 is 1.06 bits per heavy atom. The molecule has 0 N–H and O–H groups in total. The Morgan fingerprint density at radius 3 is 2.48 bits per heavy atom. The van der Waals surface area contributed by atoms with E-state index in [2.05, 4.69) is 6.07 Å². The maximum Gasteiger partial charge on any atom is 1.00 e. The number of carbonyl (C=O) groups is 1. The number of aromatic carboxylic acids is 1. The molecule has 33 heavy (non-hydrogen) atoms. The van der Waals surface area contributed by atoms with E-state index in [9.17, 15) is 14.3 Å². The van der Waals surface area contributed by atoms with Crippen molar-refractivity contribution in [3.63, 3.8) is 0 Å². The number of thioether (sulfide) groups is 1. The van der Waals surface area contributed by atoms with Gasteiger partial charge in [0.15, 0.2) is 0 Å². The van der Waals surface area contributed by atoms with Gasteiger partial charge in [0, 0.05) is 26.5 Å².